The first-order chi connectivity index (χ1) is 16.2. The summed E-state index contributed by atoms with van der Waals surface area (Å²) in [6.07, 6.45) is 0. The van der Waals surface area contributed by atoms with E-state index in [-0.39, 0.29) is 22.4 Å². The number of halogens is 1. The zero-order chi connectivity index (χ0) is 24.5. The number of nitrogens with zero attached hydrogens (tertiary/aromatic N) is 2. The molecule has 9 heteroatoms. The van der Waals surface area contributed by atoms with E-state index in [2.05, 4.69) is 19.6 Å². The number of rotatable bonds is 7. The van der Waals surface area contributed by atoms with E-state index in [9.17, 15) is 17.6 Å². The molecule has 7 nitrogen and oxygen atoms in total. The zero-order valence-electron chi connectivity index (χ0n) is 19.0. The van der Waals surface area contributed by atoms with Gasteiger partial charge in [0.1, 0.15) is 11.6 Å². The minimum atomic E-state index is -3.89. The smallest absolute Gasteiger partial charge is 0.261 e. The van der Waals surface area contributed by atoms with Gasteiger partial charge in [0.25, 0.3) is 15.9 Å². The molecule has 1 atom stereocenters. The Labute approximate surface area is 197 Å². The fourth-order valence-electron chi connectivity index (χ4n) is 3.79. The van der Waals surface area contributed by atoms with Crippen LogP contribution in [0.4, 0.5) is 10.1 Å². The molecular formula is C25H25FN4O3S. The molecule has 0 saturated heterocycles. The van der Waals surface area contributed by atoms with Crippen LogP contribution >= 0.6 is 0 Å². The molecule has 1 heterocycles. The van der Waals surface area contributed by atoms with E-state index in [1.54, 1.807) is 12.1 Å². The van der Waals surface area contributed by atoms with Gasteiger partial charge in [0.15, 0.2) is 0 Å². The van der Waals surface area contributed by atoms with Gasteiger partial charge in [-0.25, -0.2) is 17.8 Å². The van der Waals surface area contributed by atoms with Crippen LogP contribution in [-0.4, -0.2) is 23.9 Å². The van der Waals surface area contributed by atoms with Crippen LogP contribution in [0.1, 0.15) is 41.6 Å². The van der Waals surface area contributed by atoms with Gasteiger partial charge in [-0.05, 0) is 80.9 Å². The Bertz CT molecular complexity index is 1460. The number of hydrogen-bond donors (Lipinski definition) is 2. The second kappa shape index (κ2) is 9.26. The van der Waals surface area contributed by atoms with Crippen molar-refractivity contribution in [2.24, 2.45) is 0 Å². The van der Waals surface area contributed by atoms with Crippen LogP contribution < -0.4 is 10.0 Å². The van der Waals surface area contributed by atoms with Crippen molar-refractivity contribution in [3.63, 3.8) is 0 Å². The van der Waals surface area contributed by atoms with Crippen molar-refractivity contribution in [2.75, 3.05) is 4.72 Å². The van der Waals surface area contributed by atoms with E-state index in [4.69, 9.17) is 0 Å². The predicted molar refractivity (Wildman–Crippen MR) is 130 cm³/mol. The van der Waals surface area contributed by atoms with Gasteiger partial charge >= 0.3 is 0 Å². The topological polar surface area (TPSA) is 93.1 Å². The van der Waals surface area contributed by atoms with E-state index >= 15 is 0 Å². The number of imidazole rings is 1. The lowest BCUT2D eigenvalue weighted by molar-refractivity contribution is 0.0937. The zero-order valence-corrected chi connectivity index (χ0v) is 19.9. The van der Waals surface area contributed by atoms with Crippen molar-refractivity contribution in [1.29, 1.82) is 0 Å². The van der Waals surface area contributed by atoms with Crippen LogP contribution in [0, 0.1) is 12.7 Å². The highest BCUT2D eigenvalue weighted by Crippen LogP contribution is 2.22. The summed E-state index contributed by atoms with van der Waals surface area (Å²) < 4.78 is 43.2. The van der Waals surface area contributed by atoms with Crippen molar-refractivity contribution in [3.05, 3.63) is 89.5 Å². The van der Waals surface area contributed by atoms with E-state index in [0.717, 1.165) is 29.5 Å². The number of carbonyl (C=O) groups excluding carboxylic acids is 1. The summed E-state index contributed by atoms with van der Waals surface area (Å²) in [6.45, 7) is 6.12. The van der Waals surface area contributed by atoms with Crippen LogP contribution in [0.5, 0.6) is 0 Å². The number of aryl methyl sites for hydroxylation is 2. The first kappa shape index (κ1) is 23.4. The number of hydrogen-bond acceptors (Lipinski definition) is 4. The monoisotopic (exact) mass is 480 g/mol. The number of nitrogens with one attached hydrogen (secondary N) is 2. The molecule has 1 amide bonds. The first-order valence-corrected chi connectivity index (χ1v) is 12.3. The van der Waals surface area contributed by atoms with Gasteiger partial charge in [-0.2, -0.15) is 0 Å². The van der Waals surface area contributed by atoms with E-state index < -0.39 is 15.8 Å². The number of amides is 1. The molecular weight excluding hydrogens is 455 g/mol. The van der Waals surface area contributed by atoms with Crippen LogP contribution in [0.2, 0.25) is 0 Å². The lowest BCUT2D eigenvalue weighted by Crippen LogP contribution is -2.28. The van der Waals surface area contributed by atoms with Gasteiger partial charge in [-0.3, -0.25) is 9.52 Å². The Kier molecular flexibility index (Phi) is 6.39. The number of carbonyl (C=O) groups is 1. The molecule has 4 rings (SSSR count). The van der Waals surface area contributed by atoms with Gasteiger partial charge in [-0.15, -0.1) is 0 Å². The van der Waals surface area contributed by atoms with E-state index in [0.29, 0.717) is 11.3 Å². The molecule has 4 aromatic rings. The van der Waals surface area contributed by atoms with Gasteiger partial charge in [0, 0.05) is 17.8 Å². The third kappa shape index (κ3) is 4.65. The lowest BCUT2D eigenvalue weighted by Gasteiger charge is -2.15. The minimum Gasteiger partial charge on any atom is -0.342 e. The van der Waals surface area contributed by atoms with Gasteiger partial charge in [-0.1, -0.05) is 12.1 Å². The van der Waals surface area contributed by atoms with Crippen molar-refractivity contribution >= 4 is 32.7 Å². The fourth-order valence-corrected chi connectivity index (χ4v) is 4.93. The van der Waals surface area contributed by atoms with Crippen LogP contribution in [-0.2, 0) is 16.6 Å². The molecule has 1 unspecified atom stereocenters. The maximum absolute atomic E-state index is 13.5. The Morgan fingerprint density at radius 1 is 1.09 bits per heavy atom. The molecule has 0 aliphatic heterocycles. The van der Waals surface area contributed by atoms with E-state index in [1.165, 1.54) is 31.2 Å². The Balaban J connectivity index is 1.47. The van der Waals surface area contributed by atoms with E-state index in [1.807, 2.05) is 38.1 Å². The summed E-state index contributed by atoms with van der Waals surface area (Å²) in [6, 6.07) is 17.2. The first-order valence-electron chi connectivity index (χ1n) is 10.8. The molecule has 176 valence electrons. The maximum atomic E-state index is 13.5. The third-order valence-corrected chi connectivity index (χ3v) is 6.95. The molecule has 0 saturated carbocycles. The summed E-state index contributed by atoms with van der Waals surface area (Å²) in [4.78, 5) is 17.4. The maximum Gasteiger partial charge on any atom is 0.261 e. The highest BCUT2D eigenvalue weighted by atomic mass is 32.2. The molecule has 0 aliphatic rings. The quantitative estimate of drug-likeness (QED) is 0.398. The molecule has 0 radical (unpaired) electrons. The molecule has 0 aliphatic carbocycles. The largest absolute Gasteiger partial charge is 0.342 e. The van der Waals surface area contributed by atoms with Gasteiger partial charge < -0.3 is 9.88 Å². The van der Waals surface area contributed by atoms with Crippen LogP contribution in [0.15, 0.2) is 71.6 Å². The summed E-state index contributed by atoms with van der Waals surface area (Å²) >= 11 is 0. The minimum absolute atomic E-state index is 0.0409. The fraction of sp³-hybridized carbons (Fsp3) is 0.200. The Morgan fingerprint density at radius 2 is 1.79 bits per heavy atom. The molecule has 34 heavy (non-hydrogen) atoms. The molecule has 0 fully saturated rings. The Hall–Kier alpha value is -3.72. The van der Waals surface area contributed by atoms with Gasteiger partial charge in [0.05, 0.1) is 22.0 Å². The average Bonchev–Trinajstić information content (AvgIpc) is 3.20. The Morgan fingerprint density at radius 3 is 2.47 bits per heavy atom. The number of benzene rings is 3. The molecule has 3 aromatic carbocycles. The molecule has 0 spiro atoms. The number of anilines is 1. The van der Waals surface area contributed by atoms with Crippen LogP contribution in [0.3, 0.4) is 0 Å². The summed E-state index contributed by atoms with van der Waals surface area (Å²) in [5.41, 5.74) is 2.79. The molecule has 1 aromatic heterocycles. The number of sulfonamides is 1. The highest BCUT2D eigenvalue weighted by molar-refractivity contribution is 7.92. The van der Waals surface area contributed by atoms with Gasteiger partial charge in [0.2, 0.25) is 0 Å². The number of fused-ring (bicyclic) bond motifs is 1. The standard InChI is InChI=1S/C25H25FN4O3S/c1-4-30-23-8-6-5-7-22(23)28-24(30)17(3)27-25(31)18-9-11-19(12-10-18)29-34(32,33)20-13-14-21(26)16(2)15-20/h5-15,17,29H,4H2,1-3H3,(H,27,31). The van der Waals surface area contributed by atoms with Crippen molar-refractivity contribution < 1.29 is 17.6 Å². The average molecular weight is 481 g/mol. The normalized spacial score (nSPS) is 12.5. The summed E-state index contributed by atoms with van der Waals surface area (Å²) in [7, 11) is -3.89. The molecule has 0 bridgehead atoms. The predicted octanol–water partition coefficient (Wildman–Crippen LogP) is 4.80. The second-order valence-corrected chi connectivity index (χ2v) is 9.67. The van der Waals surface area contributed by atoms with Crippen molar-refractivity contribution in [2.45, 2.75) is 38.3 Å². The lowest BCUT2D eigenvalue weighted by atomic mass is 10.2. The summed E-state index contributed by atoms with van der Waals surface area (Å²) in [5, 5.41) is 2.96. The van der Waals surface area contributed by atoms with Crippen molar-refractivity contribution in [3.8, 4) is 0 Å². The molecule has 2 N–H and O–H groups in total. The number of aromatic nitrogens is 2. The second-order valence-electron chi connectivity index (χ2n) is 7.99. The van der Waals surface area contributed by atoms with Crippen LogP contribution in [0.25, 0.3) is 11.0 Å². The SMILES string of the molecule is CCn1c(C(C)NC(=O)c2ccc(NS(=O)(=O)c3ccc(F)c(C)c3)cc2)nc2ccccc21. The van der Waals surface area contributed by atoms with Crippen molar-refractivity contribution in [1.82, 2.24) is 14.9 Å². The third-order valence-electron chi connectivity index (χ3n) is 5.57. The highest BCUT2D eigenvalue weighted by Gasteiger charge is 2.19. The number of para-hydroxylation sites is 2. The summed E-state index contributed by atoms with van der Waals surface area (Å²) in [5.74, 6) is -0.0140.